The molecule has 1 aromatic heterocycles. The molecule has 31 heavy (non-hydrogen) atoms. The summed E-state index contributed by atoms with van der Waals surface area (Å²) in [6.45, 7) is 7.67. The predicted octanol–water partition coefficient (Wildman–Crippen LogP) is 5.20. The highest BCUT2D eigenvalue weighted by Gasteiger charge is 2.15. The third kappa shape index (κ3) is 5.96. The third-order valence-corrected chi connectivity index (χ3v) is 4.88. The molecule has 2 aromatic carbocycles. The minimum absolute atomic E-state index is 0.274. The minimum atomic E-state index is -0.460. The normalized spacial score (nSPS) is 10.7. The summed E-state index contributed by atoms with van der Waals surface area (Å²) < 4.78 is 0.700. The molecule has 0 aliphatic carbocycles. The molecule has 0 atom stereocenters. The van der Waals surface area contributed by atoms with E-state index in [4.69, 9.17) is 0 Å². The van der Waals surface area contributed by atoms with E-state index in [-0.39, 0.29) is 11.5 Å². The fraction of sp³-hybridized carbons (Fsp3) is 0.0833. The van der Waals surface area contributed by atoms with Gasteiger partial charge in [0.1, 0.15) is 0 Å². The molecule has 2 amide bonds. The summed E-state index contributed by atoms with van der Waals surface area (Å²) in [6, 6.07) is 17.6. The lowest BCUT2D eigenvalue weighted by Gasteiger charge is -2.11. The highest BCUT2D eigenvalue weighted by Crippen LogP contribution is 2.22. The van der Waals surface area contributed by atoms with Gasteiger partial charge in [-0.3, -0.25) is 14.6 Å². The molecule has 0 bridgehead atoms. The van der Waals surface area contributed by atoms with Crippen LogP contribution < -0.4 is 10.7 Å². The van der Waals surface area contributed by atoms with Gasteiger partial charge in [0.25, 0.3) is 11.8 Å². The van der Waals surface area contributed by atoms with Crippen LogP contribution in [0.4, 0.5) is 5.69 Å². The highest BCUT2D eigenvalue weighted by atomic mass is 79.9. The third-order valence-electron chi connectivity index (χ3n) is 4.39. The van der Waals surface area contributed by atoms with E-state index in [0.717, 1.165) is 16.8 Å². The predicted molar refractivity (Wildman–Crippen MR) is 127 cm³/mol. The second-order valence-electron chi connectivity index (χ2n) is 6.90. The first kappa shape index (κ1) is 22.1. The van der Waals surface area contributed by atoms with Crippen molar-refractivity contribution in [1.29, 1.82) is 0 Å². The number of anilines is 1. The van der Waals surface area contributed by atoms with Gasteiger partial charge in [0.05, 0.1) is 23.2 Å². The Hall–Kier alpha value is -3.58. The van der Waals surface area contributed by atoms with Crippen molar-refractivity contribution in [3.05, 3.63) is 99.8 Å². The quantitative estimate of drug-likeness (QED) is 0.378. The Morgan fingerprint density at radius 1 is 1.03 bits per heavy atom. The second-order valence-corrected chi connectivity index (χ2v) is 7.82. The molecule has 0 fully saturated rings. The van der Waals surface area contributed by atoms with Gasteiger partial charge in [0.15, 0.2) is 0 Å². The number of hydrogen-bond donors (Lipinski definition) is 2. The number of benzene rings is 2. The van der Waals surface area contributed by atoms with Gasteiger partial charge in [-0.1, -0.05) is 46.3 Å². The van der Waals surface area contributed by atoms with Gasteiger partial charge in [-0.05, 0) is 61.9 Å². The molecule has 0 spiro atoms. The Morgan fingerprint density at radius 3 is 2.42 bits per heavy atom. The first-order chi connectivity index (χ1) is 14.8. The summed E-state index contributed by atoms with van der Waals surface area (Å²) in [4.78, 5) is 29.7. The molecule has 1 heterocycles. The molecule has 6 nitrogen and oxygen atoms in total. The number of nitrogens with one attached hydrogen (secondary N) is 2. The number of aryl methyl sites for hydroxylation is 1. The number of carbonyl (C=O) groups is 2. The zero-order chi connectivity index (χ0) is 22.4. The number of halogens is 1. The largest absolute Gasteiger partial charge is 0.321 e. The lowest BCUT2D eigenvalue weighted by molar-refractivity contribution is 0.0956. The summed E-state index contributed by atoms with van der Waals surface area (Å²) in [7, 11) is 0. The van der Waals surface area contributed by atoms with Crippen molar-refractivity contribution in [3.8, 4) is 0 Å². The molecule has 0 saturated carbocycles. The van der Waals surface area contributed by atoms with Crippen LogP contribution in [0.1, 0.15) is 44.6 Å². The highest BCUT2D eigenvalue weighted by molar-refractivity contribution is 9.10. The average molecular weight is 477 g/mol. The minimum Gasteiger partial charge on any atom is -0.321 e. The summed E-state index contributed by atoms with van der Waals surface area (Å²) in [5.74, 6) is -0.782. The van der Waals surface area contributed by atoms with Crippen molar-refractivity contribution in [2.24, 2.45) is 5.10 Å². The van der Waals surface area contributed by atoms with Crippen molar-refractivity contribution in [2.45, 2.75) is 13.8 Å². The lowest BCUT2D eigenvalue weighted by Crippen LogP contribution is -2.21. The molecular formula is C24H21BrN4O2. The van der Waals surface area contributed by atoms with Crippen LogP contribution in [0.2, 0.25) is 0 Å². The molecule has 3 rings (SSSR count). The van der Waals surface area contributed by atoms with Gasteiger partial charge in [0.2, 0.25) is 0 Å². The molecule has 7 heteroatoms. The van der Waals surface area contributed by atoms with Crippen molar-refractivity contribution in [3.63, 3.8) is 0 Å². The van der Waals surface area contributed by atoms with Crippen LogP contribution in [0.5, 0.6) is 0 Å². The Bertz CT molecular complexity index is 1170. The van der Waals surface area contributed by atoms with E-state index in [2.05, 4.69) is 43.3 Å². The zero-order valence-corrected chi connectivity index (χ0v) is 18.7. The van der Waals surface area contributed by atoms with Gasteiger partial charge >= 0.3 is 0 Å². The summed E-state index contributed by atoms with van der Waals surface area (Å²) in [5, 5.41) is 6.76. The summed E-state index contributed by atoms with van der Waals surface area (Å²) in [6.07, 6.45) is 1.46. The number of nitrogens with zero attached hydrogens (tertiary/aromatic N) is 2. The van der Waals surface area contributed by atoms with E-state index >= 15 is 0 Å². The van der Waals surface area contributed by atoms with Gasteiger partial charge in [-0.25, -0.2) is 5.43 Å². The maximum atomic E-state index is 12.7. The van der Waals surface area contributed by atoms with E-state index in [1.165, 1.54) is 6.21 Å². The molecule has 0 unspecified atom stereocenters. The van der Waals surface area contributed by atoms with Gasteiger partial charge in [-0.15, -0.1) is 0 Å². The standard InChI is InChI=1S/C24H21BrN4O2/c1-15(2)17-7-9-18(10-8-17)23(30)28-22-12-11-19(25)13-21(22)24(31)29-26-14-20-6-4-5-16(3)27-20/h4-14H,1H2,2-3H3,(H,28,30)(H,29,31)/b26-14+. The molecule has 0 aliphatic rings. The number of rotatable bonds is 6. The zero-order valence-electron chi connectivity index (χ0n) is 17.1. The molecule has 3 aromatic rings. The molecular weight excluding hydrogens is 456 g/mol. The Morgan fingerprint density at radius 2 is 1.74 bits per heavy atom. The molecule has 2 N–H and O–H groups in total. The van der Waals surface area contributed by atoms with E-state index in [1.54, 1.807) is 36.4 Å². The van der Waals surface area contributed by atoms with Crippen LogP contribution in [0, 0.1) is 6.92 Å². The molecule has 156 valence electrons. The number of carbonyl (C=O) groups excluding carboxylic acids is 2. The number of pyridine rings is 1. The van der Waals surface area contributed by atoms with E-state index in [0.29, 0.717) is 21.4 Å². The maximum absolute atomic E-state index is 12.7. The lowest BCUT2D eigenvalue weighted by atomic mass is 10.1. The van der Waals surface area contributed by atoms with Crippen LogP contribution >= 0.6 is 15.9 Å². The second kappa shape index (κ2) is 9.95. The van der Waals surface area contributed by atoms with E-state index in [9.17, 15) is 9.59 Å². The number of allylic oxidation sites excluding steroid dienone is 1. The number of aromatic nitrogens is 1. The Balaban J connectivity index is 1.75. The van der Waals surface area contributed by atoms with E-state index in [1.807, 2.05) is 38.1 Å². The molecule has 0 radical (unpaired) electrons. The number of hydrogen-bond acceptors (Lipinski definition) is 4. The van der Waals surface area contributed by atoms with Crippen LogP contribution in [-0.4, -0.2) is 23.0 Å². The van der Waals surface area contributed by atoms with Gasteiger partial charge in [0, 0.05) is 15.7 Å². The molecule has 0 saturated heterocycles. The Kier molecular flexibility index (Phi) is 7.10. The fourth-order valence-electron chi connectivity index (χ4n) is 2.77. The van der Waals surface area contributed by atoms with Gasteiger partial charge < -0.3 is 5.32 Å². The van der Waals surface area contributed by atoms with Crippen molar-refractivity contribution in [1.82, 2.24) is 10.4 Å². The number of amides is 2. The average Bonchev–Trinajstić information content (AvgIpc) is 2.75. The summed E-state index contributed by atoms with van der Waals surface area (Å²) in [5.41, 5.74) is 6.95. The van der Waals surface area contributed by atoms with Crippen molar-refractivity contribution >= 4 is 45.2 Å². The fourth-order valence-corrected chi connectivity index (χ4v) is 3.13. The van der Waals surface area contributed by atoms with Crippen LogP contribution in [0.3, 0.4) is 0 Å². The SMILES string of the molecule is C=C(C)c1ccc(C(=O)Nc2ccc(Br)cc2C(=O)N/N=C/c2cccc(C)n2)cc1. The first-order valence-electron chi connectivity index (χ1n) is 9.47. The van der Waals surface area contributed by atoms with Crippen LogP contribution in [0.25, 0.3) is 5.57 Å². The smallest absolute Gasteiger partial charge is 0.273 e. The van der Waals surface area contributed by atoms with Crippen LogP contribution in [-0.2, 0) is 0 Å². The summed E-state index contributed by atoms with van der Waals surface area (Å²) >= 11 is 3.36. The van der Waals surface area contributed by atoms with E-state index < -0.39 is 5.91 Å². The van der Waals surface area contributed by atoms with Gasteiger partial charge in [-0.2, -0.15) is 5.10 Å². The van der Waals surface area contributed by atoms with Crippen molar-refractivity contribution < 1.29 is 9.59 Å². The Labute approximate surface area is 189 Å². The maximum Gasteiger partial charge on any atom is 0.273 e. The first-order valence-corrected chi connectivity index (χ1v) is 10.3. The monoisotopic (exact) mass is 476 g/mol. The van der Waals surface area contributed by atoms with Crippen molar-refractivity contribution in [2.75, 3.05) is 5.32 Å². The topological polar surface area (TPSA) is 83.5 Å². The molecule has 0 aliphatic heterocycles. The number of hydrazone groups is 1. The van der Waals surface area contributed by atoms with Crippen LogP contribution in [0.15, 0.2) is 76.8 Å².